The van der Waals surface area contributed by atoms with Crippen LogP contribution in [0.3, 0.4) is 0 Å². The Bertz CT molecular complexity index is 993. The zero-order chi connectivity index (χ0) is 21.2. The number of sulfone groups is 1. The Hall–Kier alpha value is -1.69. The smallest absolute Gasteiger partial charge is 0.324 e. The molecule has 0 spiro atoms. The van der Waals surface area contributed by atoms with E-state index in [0.29, 0.717) is 17.9 Å². The first-order chi connectivity index (χ1) is 13.6. The van der Waals surface area contributed by atoms with Crippen molar-refractivity contribution in [1.29, 1.82) is 0 Å². The summed E-state index contributed by atoms with van der Waals surface area (Å²) in [7, 11) is -7.06. The van der Waals surface area contributed by atoms with Gasteiger partial charge in [0.05, 0.1) is 16.4 Å². The van der Waals surface area contributed by atoms with Crippen LogP contribution in [0, 0.1) is 0 Å². The van der Waals surface area contributed by atoms with Gasteiger partial charge in [-0.05, 0) is 43.5 Å². The van der Waals surface area contributed by atoms with E-state index in [1.165, 1.54) is 24.3 Å². The minimum Gasteiger partial charge on any atom is -0.454 e. The van der Waals surface area contributed by atoms with Crippen molar-refractivity contribution >= 4 is 43.3 Å². The molecule has 2 fully saturated rings. The maximum atomic E-state index is 12.8. The Morgan fingerprint density at radius 1 is 1.21 bits per heavy atom. The Balaban J connectivity index is 1.58. The number of benzene rings is 1. The average molecular weight is 465 g/mol. The van der Waals surface area contributed by atoms with Gasteiger partial charge in [0, 0.05) is 17.6 Å². The van der Waals surface area contributed by atoms with E-state index >= 15 is 0 Å². The molecule has 1 unspecified atom stereocenters. The van der Waals surface area contributed by atoms with Crippen molar-refractivity contribution in [1.82, 2.24) is 9.62 Å². The van der Waals surface area contributed by atoms with E-state index in [1.54, 1.807) is 0 Å². The van der Waals surface area contributed by atoms with Crippen LogP contribution in [0.2, 0.25) is 5.02 Å². The van der Waals surface area contributed by atoms with Gasteiger partial charge in [0.15, 0.2) is 16.4 Å². The van der Waals surface area contributed by atoms with Crippen molar-refractivity contribution in [3.63, 3.8) is 0 Å². The molecule has 9 nitrogen and oxygen atoms in total. The molecule has 0 saturated carbocycles. The highest BCUT2D eigenvalue weighted by molar-refractivity contribution is 7.91. The number of halogens is 1. The van der Waals surface area contributed by atoms with E-state index in [0.717, 1.165) is 4.31 Å². The number of hydrogen-bond donors (Lipinski definition) is 1. The van der Waals surface area contributed by atoms with Crippen molar-refractivity contribution in [2.75, 3.05) is 24.7 Å². The molecule has 3 rings (SSSR count). The summed E-state index contributed by atoms with van der Waals surface area (Å²) in [6, 6.07) is 4.11. The normalized spacial score (nSPS) is 24.3. The second kappa shape index (κ2) is 8.58. The molecule has 0 bridgehead atoms. The predicted octanol–water partition coefficient (Wildman–Crippen LogP) is 0.340. The molecule has 2 saturated heterocycles. The van der Waals surface area contributed by atoms with Crippen LogP contribution >= 0.6 is 11.6 Å². The zero-order valence-corrected chi connectivity index (χ0v) is 17.8. The summed E-state index contributed by atoms with van der Waals surface area (Å²) in [5.41, 5.74) is 0. The molecule has 0 aliphatic carbocycles. The molecular weight excluding hydrogens is 444 g/mol. The summed E-state index contributed by atoms with van der Waals surface area (Å²) in [4.78, 5) is 24.4. The third kappa shape index (κ3) is 5.27. The van der Waals surface area contributed by atoms with Crippen molar-refractivity contribution in [3.8, 4) is 0 Å². The Kier molecular flexibility index (Phi) is 6.51. The van der Waals surface area contributed by atoms with Crippen LogP contribution in [0.1, 0.15) is 19.3 Å². The number of amides is 1. The molecule has 1 aromatic rings. The summed E-state index contributed by atoms with van der Waals surface area (Å²) >= 11 is 5.79. The van der Waals surface area contributed by atoms with Gasteiger partial charge in [-0.1, -0.05) is 11.6 Å². The number of sulfonamides is 1. The minimum absolute atomic E-state index is 0.0112. The number of ether oxygens (including phenoxy) is 1. The molecule has 1 amide bonds. The Labute approximate surface area is 174 Å². The van der Waals surface area contributed by atoms with Gasteiger partial charge in [-0.3, -0.25) is 9.59 Å². The highest BCUT2D eigenvalue weighted by atomic mass is 35.5. The number of rotatable bonds is 6. The van der Waals surface area contributed by atoms with Gasteiger partial charge in [0.1, 0.15) is 6.04 Å². The number of hydrogen-bond acceptors (Lipinski definition) is 7. The maximum absolute atomic E-state index is 12.8. The molecule has 0 aromatic heterocycles. The lowest BCUT2D eigenvalue weighted by Crippen LogP contribution is -2.43. The minimum atomic E-state index is -3.91. The van der Waals surface area contributed by atoms with Crippen molar-refractivity contribution in [3.05, 3.63) is 29.3 Å². The summed E-state index contributed by atoms with van der Waals surface area (Å²) in [5, 5.41) is 2.90. The molecule has 12 heteroatoms. The number of carbonyl (C=O) groups excluding carboxylic acids is 2. The SMILES string of the molecule is O=C(COC(=O)[C@@H]1CCCN1S(=O)(=O)c1ccc(Cl)cc1)NC1CCS(=O)(=O)C1. The fourth-order valence-corrected chi connectivity index (χ4v) is 6.86. The predicted molar refractivity (Wildman–Crippen MR) is 105 cm³/mol. The number of carbonyl (C=O) groups is 2. The third-order valence-corrected chi connectivity index (χ3v) is 8.78. The van der Waals surface area contributed by atoms with Gasteiger partial charge in [0.2, 0.25) is 10.0 Å². The summed E-state index contributed by atoms with van der Waals surface area (Å²) in [6.07, 6.45) is 1.09. The molecule has 2 aliphatic rings. The second-order valence-corrected chi connectivity index (χ2v) is 11.6. The van der Waals surface area contributed by atoms with Crippen LogP contribution < -0.4 is 5.32 Å². The second-order valence-electron chi connectivity index (χ2n) is 7.00. The number of esters is 1. The Morgan fingerprint density at radius 3 is 2.52 bits per heavy atom. The van der Waals surface area contributed by atoms with Gasteiger partial charge >= 0.3 is 5.97 Å². The molecule has 2 aliphatic heterocycles. The van der Waals surface area contributed by atoms with Gasteiger partial charge in [-0.25, -0.2) is 16.8 Å². The summed E-state index contributed by atoms with van der Waals surface area (Å²) < 4.78 is 54.6. The van der Waals surface area contributed by atoms with Crippen LogP contribution in [0.4, 0.5) is 0 Å². The zero-order valence-electron chi connectivity index (χ0n) is 15.4. The lowest BCUT2D eigenvalue weighted by atomic mass is 10.2. The van der Waals surface area contributed by atoms with Crippen LogP contribution in [-0.2, 0) is 34.2 Å². The molecule has 1 N–H and O–H groups in total. The van der Waals surface area contributed by atoms with Crippen LogP contribution in [0.15, 0.2) is 29.2 Å². The maximum Gasteiger partial charge on any atom is 0.324 e. The summed E-state index contributed by atoms with van der Waals surface area (Å²) in [6.45, 7) is -0.433. The van der Waals surface area contributed by atoms with Crippen LogP contribution in [-0.4, -0.2) is 69.8 Å². The lowest BCUT2D eigenvalue weighted by Gasteiger charge is -2.22. The molecule has 2 atom stereocenters. The van der Waals surface area contributed by atoms with Crippen molar-refractivity contribution < 1.29 is 31.2 Å². The monoisotopic (exact) mass is 464 g/mol. The van der Waals surface area contributed by atoms with E-state index < -0.39 is 50.4 Å². The third-order valence-electron chi connectivity index (χ3n) is 4.84. The molecule has 0 radical (unpaired) electrons. The lowest BCUT2D eigenvalue weighted by molar-refractivity contribution is -0.151. The van der Waals surface area contributed by atoms with Gasteiger partial charge < -0.3 is 10.1 Å². The highest BCUT2D eigenvalue weighted by Gasteiger charge is 2.40. The van der Waals surface area contributed by atoms with Crippen molar-refractivity contribution in [2.45, 2.75) is 36.2 Å². The van der Waals surface area contributed by atoms with Crippen LogP contribution in [0.25, 0.3) is 0 Å². The number of nitrogens with one attached hydrogen (secondary N) is 1. The Morgan fingerprint density at radius 2 is 1.90 bits per heavy atom. The fourth-order valence-electron chi connectivity index (χ4n) is 3.42. The molecule has 160 valence electrons. The first-order valence-electron chi connectivity index (χ1n) is 9.02. The largest absolute Gasteiger partial charge is 0.454 e. The molecule has 29 heavy (non-hydrogen) atoms. The molecule has 2 heterocycles. The first-order valence-corrected chi connectivity index (χ1v) is 12.7. The standard InChI is InChI=1S/C17H21ClN2O7S2/c18-12-3-5-14(6-4-12)29(25,26)20-8-1-2-15(20)17(22)27-10-16(21)19-13-7-9-28(23,24)11-13/h3-6,13,15H,1-2,7-11H2,(H,19,21)/t13?,15-/m0/s1. The van der Waals surface area contributed by atoms with E-state index in [-0.39, 0.29) is 29.4 Å². The fraction of sp³-hybridized carbons (Fsp3) is 0.529. The van der Waals surface area contributed by atoms with Crippen molar-refractivity contribution in [2.24, 2.45) is 0 Å². The van der Waals surface area contributed by atoms with Gasteiger partial charge in [-0.2, -0.15) is 4.31 Å². The van der Waals surface area contributed by atoms with Crippen LogP contribution in [0.5, 0.6) is 0 Å². The summed E-state index contributed by atoms with van der Waals surface area (Å²) in [5.74, 6) is -1.56. The topological polar surface area (TPSA) is 127 Å². The molecule has 1 aromatic carbocycles. The van der Waals surface area contributed by atoms with E-state index in [1.807, 2.05) is 0 Å². The average Bonchev–Trinajstić information content (AvgIpc) is 3.27. The first kappa shape index (κ1) is 22.0. The quantitative estimate of drug-likeness (QED) is 0.601. The van der Waals surface area contributed by atoms with E-state index in [9.17, 15) is 26.4 Å². The highest BCUT2D eigenvalue weighted by Crippen LogP contribution is 2.27. The van der Waals surface area contributed by atoms with E-state index in [4.69, 9.17) is 16.3 Å². The number of nitrogens with zero attached hydrogens (tertiary/aromatic N) is 1. The molecular formula is C17H21ClN2O7S2. The van der Waals surface area contributed by atoms with Gasteiger partial charge in [-0.15, -0.1) is 0 Å². The van der Waals surface area contributed by atoms with Gasteiger partial charge in [0.25, 0.3) is 5.91 Å². The van der Waals surface area contributed by atoms with E-state index in [2.05, 4.69) is 5.32 Å².